The molecule has 0 radical (unpaired) electrons. The number of hydrogen-bond donors (Lipinski definition) is 1. The maximum Gasteiger partial charge on any atom is 0.332 e. The number of rotatable bonds is 19. The van der Waals surface area contributed by atoms with Gasteiger partial charge in [-0.1, -0.05) is 66.2 Å². The van der Waals surface area contributed by atoms with Crippen LogP contribution in [0.2, 0.25) is 0 Å². The van der Waals surface area contributed by atoms with E-state index in [1.54, 1.807) is 6.92 Å². The first-order chi connectivity index (χ1) is 15.4. The lowest BCUT2D eigenvalue weighted by molar-refractivity contribution is -0.385. The predicted molar refractivity (Wildman–Crippen MR) is 134 cm³/mol. The Hall–Kier alpha value is -1.76. The van der Waals surface area contributed by atoms with Crippen LogP contribution in [0.15, 0.2) is 6.33 Å². The zero-order valence-electron chi connectivity index (χ0n) is 21.2. The standard InChI is InChI=1S/C25H47N5O2/c1-6-16-26-17-15-22(4)13-9-8-12-21(3)14-10-11-19-29(18-7-2)25-24(30(31)32)23(5)27-20-28-25/h20-22,26H,6-19H2,1-5H3. The van der Waals surface area contributed by atoms with Gasteiger partial charge in [0.2, 0.25) is 5.82 Å². The molecule has 0 saturated heterocycles. The molecule has 7 heteroatoms. The molecule has 0 aromatic carbocycles. The van der Waals surface area contributed by atoms with Crippen molar-refractivity contribution < 1.29 is 4.92 Å². The van der Waals surface area contributed by atoms with Crippen LogP contribution in [0, 0.1) is 28.9 Å². The van der Waals surface area contributed by atoms with E-state index in [2.05, 4.69) is 47.9 Å². The molecule has 1 rings (SSSR count). The highest BCUT2D eigenvalue weighted by Crippen LogP contribution is 2.28. The van der Waals surface area contributed by atoms with Crippen LogP contribution >= 0.6 is 0 Å². The van der Waals surface area contributed by atoms with Gasteiger partial charge in [-0.2, -0.15) is 0 Å². The van der Waals surface area contributed by atoms with E-state index in [0.717, 1.165) is 57.3 Å². The summed E-state index contributed by atoms with van der Waals surface area (Å²) in [5.41, 5.74) is 0.478. The summed E-state index contributed by atoms with van der Waals surface area (Å²) in [5, 5.41) is 15.0. The second-order valence-electron chi connectivity index (χ2n) is 9.40. The third-order valence-corrected chi connectivity index (χ3v) is 6.22. The molecule has 7 nitrogen and oxygen atoms in total. The number of nitrogens with one attached hydrogen (secondary N) is 1. The average Bonchev–Trinajstić information content (AvgIpc) is 2.76. The van der Waals surface area contributed by atoms with Crippen molar-refractivity contribution in [2.24, 2.45) is 11.8 Å². The molecule has 0 amide bonds. The molecule has 0 aliphatic heterocycles. The van der Waals surface area contributed by atoms with Gasteiger partial charge in [-0.15, -0.1) is 0 Å². The van der Waals surface area contributed by atoms with Gasteiger partial charge in [-0.25, -0.2) is 9.97 Å². The highest BCUT2D eigenvalue weighted by Gasteiger charge is 2.24. The fraction of sp³-hybridized carbons (Fsp3) is 0.840. The molecule has 0 spiro atoms. The third-order valence-electron chi connectivity index (χ3n) is 6.22. The molecule has 184 valence electrons. The Morgan fingerprint density at radius 2 is 1.56 bits per heavy atom. The largest absolute Gasteiger partial charge is 0.351 e. The lowest BCUT2D eigenvalue weighted by atomic mass is 9.94. The minimum absolute atomic E-state index is 0.0460. The van der Waals surface area contributed by atoms with E-state index in [9.17, 15) is 10.1 Å². The molecular weight excluding hydrogens is 402 g/mol. The molecule has 0 aliphatic rings. The Morgan fingerprint density at radius 3 is 2.16 bits per heavy atom. The second kappa shape index (κ2) is 16.8. The summed E-state index contributed by atoms with van der Waals surface area (Å²) >= 11 is 0. The minimum atomic E-state index is -0.349. The van der Waals surface area contributed by atoms with Gasteiger partial charge in [0.25, 0.3) is 0 Å². The SMILES string of the molecule is CCCNCCC(C)CCCCC(C)CCCCN(CCC)c1ncnc(C)c1[N+](=O)[O-]. The predicted octanol–water partition coefficient (Wildman–Crippen LogP) is 6.30. The second-order valence-corrected chi connectivity index (χ2v) is 9.40. The van der Waals surface area contributed by atoms with Crippen LogP contribution in [-0.2, 0) is 0 Å². The Balaban J connectivity index is 2.30. The number of nitrogens with zero attached hydrogens (tertiary/aromatic N) is 4. The summed E-state index contributed by atoms with van der Waals surface area (Å²) in [4.78, 5) is 21.5. The van der Waals surface area contributed by atoms with E-state index in [4.69, 9.17) is 0 Å². The molecule has 0 fully saturated rings. The molecule has 32 heavy (non-hydrogen) atoms. The highest BCUT2D eigenvalue weighted by molar-refractivity contribution is 5.59. The number of unbranched alkanes of at least 4 members (excludes halogenated alkanes) is 2. The number of anilines is 1. The maximum absolute atomic E-state index is 11.5. The molecule has 1 aromatic rings. The molecule has 2 atom stereocenters. The van der Waals surface area contributed by atoms with E-state index in [0.29, 0.717) is 11.5 Å². The van der Waals surface area contributed by atoms with Crippen molar-refractivity contribution in [2.75, 3.05) is 31.1 Å². The van der Waals surface area contributed by atoms with E-state index in [1.165, 1.54) is 51.3 Å². The fourth-order valence-electron chi connectivity index (χ4n) is 4.21. The Morgan fingerprint density at radius 1 is 0.938 bits per heavy atom. The first-order valence-electron chi connectivity index (χ1n) is 12.8. The molecule has 1 heterocycles. The van der Waals surface area contributed by atoms with Crippen molar-refractivity contribution in [1.29, 1.82) is 0 Å². The number of aromatic nitrogens is 2. The lowest BCUT2D eigenvalue weighted by Gasteiger charge is -2.23. The first-order valence-corrected chi connectivity index (χ1v) is 12.8. The molecule has 0 aliphatic carbocycles. The van der Waals surface area contributed by atoms with Gasteiger partial charge >= 0.3 is 5.69 Å². The van der Waals surface area contributed by atoms with Gasteiger partial charge in [0, 0.05) is 13.1 Å². The summed E-state index contributed by atoms with van der Waals surface area (Å²) in [6.07, 6.45) is 13.6. The quantitative estimate of drug-likeness (QED) is 0.151. The van der Waals surface area contributed by atoms with Gasteiger partial charge in [0.1, 0.15) is 12.0 Å². The number of hydrogen-bond acceptors (Lipinski definition) is 6. The van der Waals surface area contributed by atoms with Crippen molar-refractivity contribution in [3.63, 3.8) is 0 Å². The van der Waals surface area contributed by atoms with Gasteiger partial charge in [-0.3, -0.25) is 10.1 Å². The van der Waals surface area contributed by atoms with Crippen LogP contribution < -0.4 is 10.2 Å². The van der Waals surface area contributed by atoms with Crippen molar-refractivity contribution in [3.05, 3.63) is 22.1 Å². The lowest BCUT2D eigenvalue weighted by Crippen LogP contribution is -2.27. The topological polar surface area (TPSA) is 84.2 Å². The minimum Gasteiger partial charge on any atom is -0.351 e. The molecule has 2 unspecified atom stereocenters. The van der Waals surface area contributed by atoms with Crippen LogP contribution in [0.3, 0.4) is 0 Å². The number of aryl methyl sites for hydroxylation is 1. The molecule has 0 bridgehead atoms. The summed E-state index contributed by atoms with van der Waals surface area (Å²) in [6.45, 7) is 14.6. The van der Waals surface area contributed by atoms with Crippen LogP contribution in [0.1, 0.15) is 97.6 Å². The third kappa shape index (κ3) is 11.2. The Kier molecular flexibility index (Phi) is 14.9. The normalized spacial score (nSPS) is 13.2. The van der Waals surface area contributed by atoms with E-state index in [-0.39, 0.29) is 10.6 Å². The summed E-state index contributed by atoms with van der Waals surface area (Å²) in [5.74, 6) is 2.02. The van der Waals surface area contributed by atoms with Gasteiger partial charge in [-0.05, 0) is 57.5 Å². The van der Waals surface area contributed by atoms with E-state index < -0.39 is 0 Å². The number of nitro groups is 1. The summed E-state index contributed by atoms with van der Waals surface area (Å²) in [7, 11) is 0. The van der Waals surface area contributed by atoms with Crippen LogP contribution in [0.4, 0.5) is 11.5 Å². The van der Waals surface area contributed by atoms with Crippen LogP contribution in [-0.4, -0.2) is 41.1 Å². The van der Waals surface area contributed by atoms with Crippen LogP contribution in [0.25, 0.3) is 0 Å². The Bertz CT molecular complexity index is 641. The Labute approximate surface area is 195 Å². The van der Waals surface area contributed by atoms with Gasteiger partial charge < -0.3 is 10.2 Å². The first kappa shape index (κ1) is 28.3. The van der Waals surface area contributed by atoms with Gasteiger partial charge in [0.15, 0.2) is 0 Å². The average molecular weight is 450 g/mol. The monoisotopic (exact) mass is 449 g/mol. The smallest absolute Gasteiger partial charge is 0.332 e. The van der Waals surface area contributed by atoms with E-state index >= 15 is 0 Å². The van der Waals surface area contributed by atoms with Crippen molar-refractivity contribution >= 4 is 11.5 Å². The van der Waals surface area contributed by atoms with Crippen molar-refractivity contribution in [2.45, 2.75) is 98.8 Å². The maximum atomic E-state index is 11.5. The molecule has 1 aromatic heterocycles. The molecular formula is C25H47N5O2. The van der Waals surface area contributed by atoms with Crippen LogP contribution in [0.5, 0.6) is 0 Å². The molecule has 0 saturated carbocycles. The summed E-state index contributed by atoms with van der Waals surface area (Å²) in [6, 6.07) is 0. The summed E-state index contributed by atoms with van der Waals surface area (Å²) < 4.78 is 0. The zero-order valence-corrected chi connectivity index (χ0v) is 21.2. The fourth-order valence-corrected chi connectivity index (χ4v) is 4.21. The van der Waals surface area contributed by atoms with Crippen molar-refractivity contribution in [1.82, 2.24) is 15.3 Å². The van der Waals surface area contributed by atoms with E-state index in [1.807, 2.05) is 0 Å². The highest BCUT2D eigenvalue weighted by atomic mass is 16.6. The zero-order chi connectivity index (χ0) is 23.8. The van der Waals surface area contributed by atoms with Gasteiger partial charge in [0.05, 0.1) is 4.92 Å². The van der Waals surface area contributed by atoms with Crippen molar-refractivity contribution in [3.8, 4) is 0 Å². The molecule has 1 N–H and O–H groups in total.